The van der Waals surface area contributed by atoms with Gasteiger partial charge >= 0.3 is 5.97 Å². The van der Waals surface area contributed by atoms with Gasteiger partial charge in [0.2, 0.25) is 0 Å². The zero-order chi connectivity index (χ0) is 21.5. The molecular formula is C24H27NO4S. The zero-order valence-electron chi connectivity index (χ0n) is 17.3. The molecule has 0 saturated carbocycles. The standard InChI is InChI=1S/C24H27NO4S/c1-3-4-14-29-24(26)16-21-15-23(20-12-10-19(11-13-20)17-30(27)28)25(18(21)2)22-8-6-5-7-9-22/h5-13,15H,3-4,14,16-17H2,1-2H3,(H,27,28). The highest BCUT2D eigenvalue weighted by molar-refractivity contribution is 7.78. The second-order valence-electron chi connectivity index (χ2n) is 7.22. The molecule has 0 radical (unpaired) electrons. The lowest BCUT2D eigenvalue weighted by Crippen LogP contribution is -2.09. The molecule has 158 valence electrons. The quantitative estimate of drug-likeness (QED) is 0.296. The minimum atomic E-state index is -1.87. The topological polar surface area (TPSA) is 68.5 Å². The van der Waals surface area contributed by atoms with Gasteiger partial charge in [-0.3, -0.25) is 4.79 Å². The van der Waals surface area contributed by atoms with Gasteiger partial charge in [-0.25, -0.2) is 4.21 Å². The van der Waals surface area contributed by atoms with E-state index in [-0.39, 0.29) is 18.1 Å². The molecule has 0 fully saturated rings. The molecule has 0 saturated heterocycles. The van der Waals surface area contributed by atoms with Crippen LogP contribution in [0.4, 0.5) is 0 Å². The van der Waals surface area contributed by atoms with Crippen molar-refractivity contribution in [1.29, 1.82) is 0 Å². The normalized spacial score (nSPS) is 12.0. The van der Waals surface area contributed by atoms with Gasteiger partial charge in [-0.15, -0.1) is 0 Å². The molecule has 3 aromatic rings. The van der Waals surface area contributed by atoms with Crippen molar-refractivity contribution in [3.63, 3.8) is 0 Å². The van der Waals surface area contributed by atoms with E-state index < -0.39 is 11.1 Å². The molecule has 1 heterocycles. The lowest BCUT2D eigenvalue weighted by Gasteiger charge is -2.13. The van der Waals surface area contributed by atoms with Crippen molar-refractivity contribution in [2.24, 2.45) is 0 Å². The Labute approximate surface area is 180 Å². The van der Waals surface area contributed by atoms with Crippen LogP contribution in [0, 0.1) is 6.92 Å². The van der Waals surface area contributed by atoms with E-state index in [2.05, 4.69) is 11.5 Å². The van der Waals surface area contributed by atoms with Crippen molar-refractivity contribution in [3.8, 4) is 16.9 Å². The molecule has 5 nitrogen and oxygen atoms in total. The van der Waals surface area contributed by atoms with Crippen LogP contribution in [0.3, 0.4) is 0 Å². The molecule has 1 aromatic heterocycles. The highest BCUT2D eigenvalue weighted by Crippen LogP contribution is 2.30. The average molecular weight is 426 g/mol. The van der Waals surface area contributed by atoms with Gasteiger partial charge in [0, 0.05) is 11.4 Å². The SMILES string of the molecule is CCCCOC(=O)Cc1cc(-c2ccc(CS(=O)O)cc2)n(-c2ccccc2)c1C. The van der Waals surface area contributed by atoms with Gasteiger partial charge in [0.1, 0.15) is 0 Å². The minimum Gasteiger partial charge on any atom is -0.465 e. The van der Waals surface area contributed by atoms with E-state index in [0.29, 0.717) is 6.61 Å². The van der Waals surface area contributed by atoms with Crippen LogP contribution < -0.4 is 0 Å². The smallest absolute Gasteiger partial charge is 0.310 e. The minimum absolute atomic E-state index is 0.105. The van der Waals surface area contributed by atoms with Crippen LogP contribution in [0.1, 0.15) is 36.6 Å². The number of hydrogen-bond acceptors (Lipinski definition) is 3. The number of rotatable bonds is 9. The molecular weight excluding hydrogens is 398 g/mol. The fourth-order valence-corrected chi connectivity index (χ4v) is 3.89. The molecule has 0 amide bonds. The Hall–Kier alpha value is -2.70. The molecule has 0 aliphatic heterocycles. The molecule has 2 aromatic carbocycles. The lowest BCUT2D eigenvalue weighted by atomic mass is 10.1. The van der Waals surface area contributed by atoms with Gasteiger partial charge in [0.15, 0.2) is 11.1 Å². The highest BCUT2D eigenvalue weighted by Gasteiger charge is 2.17. The number of unbranched alkanes of at least 4 members (excludes halogenated alkanes) is 1. The molecule has 0 aliphatic rings. The first-order chi connectivity index (χ1) is 14.5. The number of carbonyl (C=O) groups is 1. The monoisotopic (exact) mass is 425 g/mol. The number of ether oxygens (including phenoxy) is 1. The summed E-state index contributed by atoms with van der Waals surface area (Å²) in [6.45, 7) is 4.52. The lowest BCUT2D eigenvalue weighted by molar-refractivity contribution is -0.142. The van der Waals surface area contributed by atoms with E-state index >= 15 is 0 Å². The zero-order valence-corrected chi connectivity index (χ0v) is 18.2. The fourth-order valence-electron chi connectivity index (χ4n) is 3.41. The number of para-hydroxylation sites is 1. The van der Waals surface area contributed by atoms with Crippen molar-refractivity contribution < 1.29 is 18.3 Å². The van der Waals surface area contributed by atoms with Crippen molar-refractivity contribution in [3.05, 3.63) is 77.5 Å². The maximum atomic E-state index is 12.3. The van der Waals surface area contributed by atoms with E-state index in [1.165, 1.54) is 0 Å². The Morgan fingerprint density at radius 1 is 1.10 bits per heavy atom. The molecule has 0 bridgehead atoms. The van der Waals surface area contributed by atoms with Crippen LogP contribution in [0.2, 0.25) is 0 Å². The number of benzene rings is 2. The number of carbonyl (C=O) groups excluding carboxylic acids is 1. The van der Waals surface area contributed by atoms with E-state index in [9.17, 15) is 9.00 Å². The van der Waals surface area contributed by atoms with Crippen molar-refractivity contribution in [2.75, 3.05) is 6.61 Å². The Balaban J connectivity index is 1.97. The first-order valence-corrected chi connectivity index (χ1v) is 11.4. The molecule has 0 aliphatic carbocycles. The molecule has 1 N–H and O–H groups in total. The molecule has 30 heavy (non-hydrogen) atoms. The van der Waals surface area contributed by atoms with Gasteiger partial charge in [-0.2, -0.15) is 0 Å². The van der Waals surface area contributed by atoms with Gasteiger partial charge < -0.3 is 13.9 Å². The largest absolute Gasteiger partial charge is 0.465 e. The van der Waals surface area contributed by atoms with Gasteiger partial charge in [-0.05, 0) is 48.2 Å². The Morgan fingerprint density at radius 3 is 2.43 bits per heavy atom. The van der Waals surface area contributed by atoms with Crippen LogP contribution in [-0.2, 0) is 32.8 Å². The summed E-state index contributed by atoms with van der Waals surface area (Å²) in [5.74, 6) is -0.113. The number of aromatic nitrogens is 1. The highest BCUT2D eigenvalue weighted by atomic mass is 32.2. The Bertz CT molecular complexity index is 1010. The fraction of sp³-hybridized carbons (Fsp3) is 0.292. The molecule has 0 spiro atoms. The summed E-state index contributed by atoms with van der Waals surface area (Å²) in [5, 5.41) is 0. The van der Waals surface area contributed by atoms with Crippen LogP contribution in [-0.4, -0.2) is 25.9 Å². The average Bonchev–Trinajstić information content (AvgIpc) is 3.05. The third-order valence-electron chi connectivity index (χ3n) is 5.00. The van der Waals surface area contributed by atoms with Crippen molar-refractivity contribution in [2.45, 2.75) is 38.9 Å². The molecule has 6 heteroatoms. The van der Waals surface area contributed by atoms with Crippen LogP contribution in [0.5, 0.6) is 0 Å². The summed E-state index contributed by atoms with van der Waals surface area (Å²) in [5.41, 5.74) is 5.66. The summed E-state index contributed by atoms with van der Waals surface area (Å²) in [6, 6.07) is 19.6. The summed E-state index contributed by atoms with van der Waals surface area (Å²) >= 11 is -1.87. The number of hydrogen-bond donors (Lipinski definition) is 1. The van der Waals surface area contributed by atoms with E-state index in [4.69, 9.17) is 9.29 Å². The van der Waals surface area contributed by atoms with E-state index in [1.54, 1.807) is 0 Å². The summed E-state index contributed by atoms with van der Waals surface area (Å²) in [4.78, 5) is 12.3. The van der Waals surface area contributed by atoms with E-state index in [0.717, 1.165) is 46.6 Å². The third kappa shape index (κ3) is 5.46. The maximum Gasteiger partial charge on any atom is 0.310 e. The summed E-state index contributed by atoms with van der Waals surface area (Å²) in [6.07, 6.45) is 2.08. The number of nitrogens with zero attached hydrogens (tertiary/aromatic N) is 1. The Morgan fingerprint density at radius 2 is 1.80 bits per heavy atom. The molecule has 1 atom stereocenters. The number of esters is 1. The van der Waals surface area contributed by atoms with Crippen LogP contribution >= 0.6 is 0 Å². The van der Waals surface area contributed by atoms with E-state index in [1.807, 2.05) is 67.6 Å². The molecule has 1 unspecified atom stereocenters. The van der Waals surface area contributed by atoms with Crippen molar-refractivity contribution >= 4 is 17.0 Å². The van der Waals surface area contributed by atoms with Crippen LogP contribution in [0.15, 0.2) is 60.7 Å². The second-order valence-corrected chi connectivity index (χ2v) is 8.16. The first-order valence-electron chi connectivity index (χ1n) is 10.1. The maximum absolute atomic E-state index is 12.3. The first kappa shape index (κ1) is 22.0. The van der Waals surface area contributed by atoms with Crippen molar-refractivity contribution in [1.82, 2.24) is 4.57 Å². The Kier molecular flexibility index (Phi) is 7.60. The summed E-state index contributed by atoms with van der Waals surface area (Å²) in [7, 11) is 0. The predicted octanol–water partition coefficient (Wildman–Crippen LogP) is 5.06. The molecule has 3 rings (SSSR count). The predicted molar refractivity (Wildman–Crippen MR) is 120 cm³/mol. The van der Waals surface area contributed by atoms with Gasteiger partial charge in [0.05, 0.1) is 24.5 Å². The van der Waals surface area contributed by atoms with Gasteiger partial charge in [-0.1, -0.05) is 55.8 Å². The second kappa shape index (κ2) is 10.4. The van der Waals surface area contributed by atoms with Gasteiger partial charge in [0.25, 0.3) is 0 Å². The summed E-state index contributed by atoms with van der Waals surface area (Å²) < 4.78 is 27.7. The van der Waals surface area contributed by atoms with Crippen LogP contribution in [0.25, 0.3) is 16.9 Å². The third-order valence-corrected chi connectivity index (χ3v) is 5.58.